The zero-order chi connectivity index (χ0) is 15.7. The number of carbonyl (C=O) groups excluding carboxylic acids is 2. The topological polar surface area (TPSA) is 34.1 Å². The van der Waals surface area contributed by atoms with E-state index in [0.717, 1.165) is 16.3 Å². The van der Waals surface area contributed by atoms with Crippen molar-refractivity contribution in [2.75, 3.05) is 0 Å². The maximum Gasteiger partial charge on any atom is 0.193 e. The number of carbonyl (C=O) groups is 2. The molecule has 0 N–H and O–H groups in total. The third kappa shape index (κ3) is 2.33. The lowest BCUT2D eigenvalue weighted by Crippen LogP contribution is -2.09. The van der Waals surface area contributed by atoms with Gasteiger partial charge < -0.3 is 0 Å². The summed E-state index contributed by atoms with van der Waals surface area (Å²) in [5, 5.41) is 1.80. The summed E-state index contributed by atoms with van der Waals surface area (Å²) in [6.07, 6.45) is 0. The molecule has 0 amide bonds. The van der Waals surface area contributed by atoms with E-state index in [0.29, 0.717) is 16.7 Å². The van der Waals surface area contributed by atoms with E-state index >= 15 is 0 Å². The Balaban J connectivity index is 2.34. The van der Waals surface area contributed by atoms with Gasteiger partial charge in [0.25, 0.3) is 0 Å². The van der Waals surface area contributed by atoms with Crippen LogP contribution in [-0.2, 0) is 0 Å². The van der Waals surface area contributed by atoms with E-state index in [9.17, 15) is 9.59 Å². The molecule has 3 aromatic rings. The van der Waals surface area contributed by atoms with Gasteiger partial charge in [-0.15, -0.1) is 0 Å². The first-order valence-corrected chi connectivity index (χ1v) is 7.22. The second-order valence-corrected chi connectivity index (χ2v) is 5.40. The minimum absolute atomic E-state index is 0.0228. The van der Waals surface area contributed by atoms with E-state index in [-0.39, 0.29) is 11.6 Å². The predicted octanol–water partition coefficient (Wildman–Crippen LogP) is 4.58. The quantitative estimate of drug-likeness (QED) is 0.661. The van der Waals surface area contributed by atoms with Crippen molar-refractivity contribution >= 4 is 22.3 Å². The normalized spacial score (nSPS) is 10.6. The van der Waals surface area contributed by atoms with E-state index in [1.165, 1.54) is 6.92 Å². The van der Waals surface area contributed by atoms with Crippen LogP contribution >= 0.6 is 0 Å². The first-order chi connectivity index (χ1) is 10.6. The highest BCUT2D eigenvalue weighted by atomic mass is 16.1. The molecule has 0 fully saturated rings. The molecule has 0 heterocycles. The van der Waals surface area contributed by atoms with E-state index < -0.39 is 0 Å². The number of benzene rings is 3. The summed E-state index contributed by atoms with van der Waals surface area (Å²) in [6, 6.07) is 18.7. The van der Waals surface area contributed by atoms with E-state index in [1.807, 2.05) is 55.5 Å². The summed E-state index contributed by atoms with van der Waals surface area (Å²) in [5.41, 5.74) is 2.61. The van der Waals surface area contributed by atoms with Gasteiger partial charge >= 0.3 is 0 Å². The molecule has 0 saturated heterocycles. The fourth-order valence-electron chi connectivity index (χ4n) is 2.84. The molecule has 2 nitrogen and oxygen atoms in total. The second-order valence-electron chi connectivity index (χ2n) is 5.40. The third-order valence-corrected chi connectivity index (χ3v) is 3.95. The zero-order valence-electron chi connectivity index (χ0n) is 12.6. The Morgan fingerprint density at radius 1 is 0.864 bits per heavy atom. The Kier molecular flexibility index (Phi) is 3.60. The van der Waals surface area contributed by atoms with Gasteiger partial charge in [-0.25, -0.2) is 0 Å². The molecule has 0 aliphatic rings. The molecule has 0 atom stereocenters. The molecule has 0 saturated carbocycles. The molecular weight excluding hydrogens is 272 g/mol. The zero-order valence-corrected chi connectivity index (χ0v) is 12.6. The Morgan fingerprint density at radius 3 is 2.18 bits per heavy atom. The van der Waals surface area contributed by atoms with Gasteiger partial charge in [0.15, 0.2) is 11.6 Å². The molecular formula is C20H16O2. The van der Waals surface area contributed by atoms with Crippen LogP contribution in [0.3, 0.4) is 0 Å². The van der Waals surface area contributed by atoms with Crippen LogP contribution < -0.4 is 0 Å². The summed E-state index contributed by atoms with van der Waals surface area (Å²) >= 11 is 0. The van der Waals surface area contributed by atoms with Gasteiger partial charge in [-0.2, -0.15) is 0 Å². The standard InChI is InChI=1S/C20H16O2/c1-13-18(14(2)21)12-16-10-6-7-11-17(16)19(13)20(22)15-8-4-3-5-9-15/h3-12H,1-2H3. The highest BCUT2D eigenvalue weighted by Crippen LogP contribution is 2.28. The highest BCUT2D eigenvalue weighted by molar-refractivity contribution is 6.19. The van der Waals surface area contributed by atoms with Crippen LogP contribution in [0.1, 0.15) is 38.8 Å². The maximum absolute atomic E-state index is 12.9. The van der Waals surface area contributed by atoms with E-state index in [4.69, 9.17) is 0 Å². The van der Waals surface area contributed by atoms with E-state index in [1.54, 1.807) is 12.1 Å². The molecule has 3 aromatic carbocycles. The van der Waals surface area contributed by atoms with Gasteiger partial charge in [-0.05, 0) is 36.2 Å². The third-order valence-electron chi connectivity index (χ3n) is 3.95. The monoisotopic (exact) mass is 288 g/mol. The Labute approximate surface area is 129 Å². The molecule has 0 radical (unpaired) electrons. The van der Waals surface area contributed by atoms with Crippen molar-refractivity contribution in [2.24, 2.45) is 0 Å². The first kappa shape index (κ1) is 14.2. The SMILES string of the molecule is CC(=O)c1cc2ccccc2c(C(=O)c2ccccc2)c1C. The fraction of sp³-hybridized carbons (Fsp3) is 0.100. The van der Waals surface area contributed by atoms with Crippen LogP contribution in [0.2, 0.25) is 0 Å². The molecule has 22 heavy (non-hydrogen) atoms. The molecule has 0 bridgehead atoms. The van der Waals surface area contributed by atoms with Crippen molar-refractivity contribution in [3.8, 4) is 0 Å². The Bertz CT molecular complexity index is 877. The lowest BCUT2D eigenvalue weighted by atomic mass is 9.89. The Morgan fingerprint density at radius 2 is 1.50 bits per heavy atom. The summed E-state index contributed by atoms with van der Waals surface area (Å²) in [4.78, 5) is 24.9. The van der Waals surface area contributed by atoms with Crippen LogP contribution in [-0.4, -0.2) is 11.6 Å². The average molecular weight is 288 g/mol. The van der Waals surface area contributed by atoms with Crippen molar-refractivity contribution < 1.29 is 9.59 Å². The van der Waals surface area contributed by atoms with Crippen molar-refractivity contribution in [2.45, 2.75) is 13.8 Å². The van der Waals surface area contributed by atoms with Gasteiger partial charge in [0.2, 0.25) is 0 Å². The van der Waals surface area contributed by atoms with Crippen molar-refractivity contribution in [3.63, 3.8) is 0 Å². The molecule has 0 spiro atoms. The largest absolute Gasteiger partial charge is 0.295 e. The number of rotatable bonds is 3. The smallest absolute Gasteiger partial charge is 0.193 e. The van der Waals surface area contributed by atoms with Crippen molar-refractivity contribution in [3.05, 3.63) is 82.9 Å². The minimum Gasteiger partial charge on any atom is -0.295 e. The van der Waals surface area contributed by atoms with Crippen LogP contribution in [0, 0.1) is 6.92 Å². The summed E-state index contributed by atoms with van der Waals surface area (Å²) < 4.78 is 0. The van der Waals surface area contributed by atoms with Gasteiger partial charge in [-0.3, -0.25) is 9.59 Å². The van der Waals surface area contributed by atoms with Crippen LogP contribution in [0.15, 0.2) is 60.7 Å². The molecule has 0 aromatic heterocycles. The van der Waals surface area contributed by atoms with Crippen molar-refractivity contribution in [1.82, 2.24) is 0 Å². The van der Waals surface area contributed by atoms with Gasteiger partial charge in [0.05, 0.1) is 0 Å². The van der Waals surface area contributed by atoms with Crippen LogP contribution in [0.25, 0.3) is 10.8 Å². The lowest BCUT2D eigenvalue weighted by molar-refractivity contribution is 0.101. The summed E-state index contributed by atoms with van der Waals surface area (Å²) in [5.74, 6) is -0.0669. The number of hydrogen-bond donors (Lipinski definition) is 0. The van der Waals surface area contributed by atoms with Gasteiger partial charge in [-0.1, -0.05) is 54.6 Å². The van der Waals surface area contributed by atoms with Crippen molar-refractivity contribution in [1.29, 1.82) is 0 Å². The Hall–Kier alpha value is -2.74. The molecule has 108 valence electrons. The molecule has 2 heteroatoms. The predicted molar refractivity (Wildman–Crippen MR) is 88.6 cm³/mol. The maximum atomic E-state index is 12.9. The minimum atomic E-state index is -0.0441. The number of hydrogen-bond acceptors (Lipinski definition) is 2. The van der Waals surface area contributed by atoms with Gasteiger partial charge in [0.1, 0.15) is 0 Å². The van der Waals surface area contributed by atoms with Gasteiger partial charge in [0, 0.05) is 16.7 Å². The average Bonchev–Trinajstić information content (AvgIpc) is 2.54. The molecule has 0 aliphatic carbocycles. The summed E-state index contributed by atoms with van der Waals surface area (Å²) in [6.45, 7) is 3.38. The highest BCUT2D eigenvalue weighted by Gasteiger charge is 2.19. The number of fused-ring (bicyclic) bond motifs is 1. The first-order valence-electron chi connectivity index (χ1n) is 7.22. The summed E-state index contributed by atoms with van der Waals surface area (Å²) in [7, 11) is 0. The van der Waals surface area contributed by atoms with Crippen LogP contribution in [0.4, 0.5) is 0 Å². The van der Waals surface area contributed by atoms with E-state index in [2.05, 4.69) is 0 Å². The molecule has 3 rings (SSSR count). The molecule has 0 aliphatic heterocycles. The number of ketones is 2. The number of Topliss-reactive ketones (excluding diaryl/α,β-unsaturated/α-hetero) is 1. The van der Waals surface area contributed by atoms with Crippen LogP contribution in [0.5, 0.6) is 0 Å². The fourth-order valence-corrected chi connectivity index (χ4v) is 2.84. The lowest BCUT2D eigenvalue weighted by Gasteiger charge is -2.13. The molecule has 0 unspecified atom stereocenters. The second kappa shape index (κ2) is 5.57.